The zero-order valence-corrected chi connectivity index (χ0v) is 13.3. The van der Waals surface area contributed by atoms with Crippen molar-refractivity contribution in [2.45, 2.75) is 52.1 Å². The molecule has 2 saturated heterocycles. The van der Waals surface area contributed by atoms with Crippen molar-refractivity contribution in [3.8, 4) is 0 Å². The third-order valence-corrected chi connectivity index (χ3v) is 4.53. The van der Waals surface area contributed by atoms with Gasteiger partial charge in [-0.05, 0) is 39.0 Å². The summed E-state index contributed by atoms with van der Waals surface area (Å²) in [5.41, 5.74) is -1.28. The zero-order chi connectivity index (χ0) is 16.5. The van der Waals surface area contributed by atoms with Crippen LogP contribution in [0.1, 0.15) is 40.0 Å². The molecule has 2 aliphatic heterocycles. The van der Waals surface area contributed by atoms with Gasteiger partial charge in [0.2, 0.25) is 12.3 Å². The number of hydrogen-bond acceptors (Lipinski definition) is 3. The SMILES string of the molecule is CC(C)(C)OC(=O)N1CCC2(CC1)CC(=O)NCC2C(F)F. The number of likely N-dealkylation sites (tertiary alicyclic amines) is 1. The standard InChI is InChI=1S/C15H24F2N2O3/c1-14(2,3)22-13(21)19-6-4-15(5-7-19)8-11(20)18-9-10(15)12(16)17/h10,12H,4-9H2,1-3H3,(H,18,20). The second-order valence-electron chi connectivity index (χ2n) is 7.25. The highest BCUT2D eigenvalue weighted by molar-refractivity contribution is 5.78. The average Bonchev–Trinajstić information content (AvgIpc) is 2.36. The first-order valence-corrected chi connectivity index (χ1v) is 7.66. The van der Waals surface area contributed by atoms with Crippen LogP contribution in [0.3, 0.4) is 0 Å². The number of piperidine rings is 2. The van der Waals surface area contributed by atoms with Gasteiger partial charge in [0.1, 0.15) is 5.60 Å². The van der Waals surface area contributed by atoms with Crippen LogP contribution in [0.2, 0.25) is 0 Å². The number of nitrogens with one attached hydrogen (secondary N) is 1. The third-order valence-electron chi connectivity index (χ3n) is 4.53. The Bertz CT molecular complexity index is 441. The zero-order valence-electron chi connectivity index (χ0n) is 13.3. The molecule has 126 valence electrons. The van der Waals surface area contributed by atoms with Gasteiger partial charge in [0, 0.05) is 32.0 Å². The number of ether oxygens (including phenoxy) is 1. The second-order valence-corrected chi connectivity index (χ2v) is 7.25. The van der Waals surface area contributed by atoms with Gasteiger partial charge in [0.05, 0.1) is 0 Å². The van der Waals surface area contributed by atoms with Crippen LogP contribution in [0, 0.1) is 11.3 Å². The number of carbonyl (C=O) groups is 2. The van der Waals surface area contributed by atoms with Crippen LogP contribution in [-0.4, -0.2) is 48.6 Å². The Morgan fingerprint density at radius 3 is 2.45 bits per heavy atom. The summed E-state index contributed by atoms with van der Waals surface area (Å²) in [5, 5.41) is 2.53. The van der Waals surface area contributed by atoms with Crippen LogP contribution in [0.15, 0.2) is 0 Å². The van der Waals surface area contributed by atoms with E-state index >= 15 is 0 Å². The molecule has 2 rings (SSSR count). The van der Waals surface area contributed by atoms with Crippen LogP contribution in [-0.2, 0) is 9.53 Å². The normalized spacial score (nSPS) is 25.3. The summed E-state index contributed by atoms with van der Waals surface area (Å²) in [5.74, 6) is -1.02. The first kappa shape index (κ1) is 17.0. The molecule has 0 radical (unpaired) electrons. The molecule has 0 aromatic carbocycles. The van der Waals surface area contributed by atoms with Crippen molar-refractivity contribution < 1.29 is 23.1 Å². The van der Waals surface area contributed by atoms with Crippen molar-refractivity contribution in [1.29, 1.82) is 0 Å². The highest BCUT2D eigenvalue weighted by atomic mass is 19.3. The quantitative estimate of drug-likeness (QED) is 0.808. The molecular weight excluding hydrogens is 294 g/mol. The molecule has 0 aromatic heterocycles. The minimum atomic E-state index is -2.46. The largest absolute Gasteiger partial charge is 0.444 e. The lowest BCUT2D eigenvalue weighted by molar-refractivity contribution is -0.135. The predicted molar refractivity (Wildman–Crippen MR) is 76.6 cm³/mol. The summed E-state index contributed by atoms with van der Waals surface area (Å²) in [6.07, 6.45) is -1.95. The number of hydrogen-bond donors (Lipinski definition) is 1. The fourth-order valence-electron chi connectivity index (χ4n) is 3.32. The maximum absolute atomic E-state index is 13.3. The van der Waals surface area contributed by atoms with Crippen molar-refractivity contribution >= 4 is 12.0 Å². The number of rotatable bonds is 1. The Kier molecular flexibility index (Phi) is 4.63. The summed E-state index contributed by atoms with van der Waals surface area (Å²) in [4.78, 5) is 25.2. The van der Waals surface area contributed by atoms with E-state index in [0.29, 0.717) is 25.9 Å². The third kappa shape index (κ3) is 3.67. The molecule has 2 aliphatic rings. The minimum absolute atomic E-state index is 0.0168. The van der Waals surface area contributed by atoms with Gasteiger partial charge in [-0.1, -0.05) is 0 Å². The summed E-state index contributed by atoms with van der Waals surface area (Å²) in [6, 6.07) is 0. The average molecular weight is 318 g/mol. The van der Waals surface area contributed by atoms with Gasteiger partial charge in [0.25, 0.3) is 0 Å². The van der Waals surface area contributed by atoms with E-state index in [9.17, 15) is 18.4 Å². The molecule has 2 amide bonds. The maximum Gasteiger partial charge on any atom is 0.410 e. The second kappa shape index (κ2) is 6.01. The van der Waals surface area contributed by atoms with Crippen molar-refractivity contribution in [3.05, 3.63) is 0 Å². The maximum atomic E-state index is 13.3. The Morgan fingerprint density at radius 2 is 1.95 bits per heavy atom. The smallest absolute Gasteiger partial charge is 0.410 e. The van der Waals surface area contributed by atoms with Crippen LogP contribution >= 0.6 is 0 Å². The number of carbonyl (C=O) groups excluding carboxylic acids is 2. The van der Waals surface area contributed by atoms with E-state index < -0.39 is 29.5 Å². The lowest BCUT2D eigenvalue weighted by Gasteiger charge is -2.48. The first-order chi connectivity index (χ1) is 10.1. The highest BCUT2D eigenvalue weighted by Gasteiger charge is 2.50. The van der Waals surface area contributed by atoms with Gasteiger partial charge >= 0.3 is 6.09 Å². The van der Waals surface area contributed by atoms with Crippen molar-refractivity contribution in [2.24, 2.45) is 11.3 Å². The molecule has 1 spiro atoms. The Hall–Kier alpha value is -1.40. The summed E-state index contributed by atoms with van der Waals surface area (Å²) in [7, 11) is 0. The number of amides is 2. The molecule has 7 heteroatoms. The van der Waals surface area contributed by atoms with Crippen molar-refractivity contribution in [2.75, 3.05) is 19.6 Å². The molecule has 2 heterocycles. The Balaban J connectivity index is 2.02. The lowest BCUT2D eigenvalue weighted by atomic mass is 9.65. The Labute approximate surface area is 129 Å². The van der Waals surface area contributed by atoms with Gasteiger partial charge in [-0.2, -0.15) is 0 Å². The van der Waals surface area contributed by atoms with E-state index in [1.807, 2.05) is 0 Å². The van der Waals surface area contributed by atoms with Gasteiger partial charge in [-0.3, -0.25) is 4.79 Å². The molecule has 1 unspecified atom stereocenters. The molecule has 0 bridgehead atoms. The minimum Gasteiger partial charge on any atom is -0.444 e. The molecule has 0 aromatic rings. The van der Waals surface area contributed by atoms with Gasteiger partial charge in [-0.15, -0.1) is 0 Å². The highest BCUT2D eigenvalue weighted by Crippen LogP contribution is 2.46. The van der Waals surface area contributed by atoms with Crippen LogP contribution < -0.4 is 5.32 Å². The van der Waals surface area contributed by atoms with Gasteiger partial charge in [-0.25, -0.2) is 13.6 Å². The van der Waals surface area contributed by atoms with Crippen molar-refractivity contribution in [3.63, 3.8) is 0 Å². The molecule has 5 nitrogen and oxygen atoms in total. The lowest BCUT2D eigenvalue weighted by Crippen LogP contribution is -2.56. The van der Waals surface area contributed by atoms with E-state index in [-0.39, 0.29) is 18.9 Å². The summed E-state index contributed by atoms with van der Waals surface area (Å²) >= 11 is 0. The predicted octanol–water partition coefficient (Wildman–Crippen LogP) is 2.40. The fourth-order valence-corrected chi connectivity index (χ4v) is 3.32. The molecule has 0 aliphatic carbocycles. The van der Waals surface area contributed by atoms with Crippen LogP contribution in [0.4, 0.5) is 13.6 Å². The summed E-state index contributed by atoms with van der Waals surface area (Å²) in [6.45, 7) is 6.08. The van der Waals surface area contributed by atoms with Crippen molar-refractivity contribution in [1.82, 2.24) is 10.2 Å². The fraction of sp³-hybridized carbons (Fsp3) is 0.867. The molecule has 2 fully saturated rings. The van der Waals surface area contributed by atoms with E-state index in [4.69, 9.17) is 4.74 Å². The first-order valence-electron chi connectivity index (χ1n) is 7.66. The van der Waals surface area contributed by atoms with Gasteiger partial charge < -0.3 is 15.0 Å². The van der Waals surface area contributed by atoms with E-state index in [1.54, 1.807) is 25.7 Å². The van der Waals surface area contributed by atoms with E-state index in [0.717, 1.165) is 0 Å². The number of alkyl halides is 2. The number of halogens is 2. The van der Waals surface area contributed by atoms with Crippen LogP contribution in [0.5, 0.6) is 0 Å². The Morgan fingerprint density at radius 1 is 1.36 bits per heavy atom. The molecule has 0 saturated carbocycles. The topological polar surface area (TPSA) is 58.6 Å². The molecule has 22 heavy (non-hydrogen) atoms. The number of nitrogens with zero attached hydrogens (tertiary/aromatic N) is 1. The molecule has 1 atom stereocenters. The van der Waals surface area contributed by atoms with Crippen LogP contribution in [0.25, 0.3) is 0 Å². The summed E-state index contributed by atoms with van der Waals surface area (Å²) < 4.78 is 31.9. The molecule has 1 N–H and O–H groups in total. The van der Waals surface area contributed by atoms with E-state index in [1.165, 1.54) is 0 Å². The van der Waals surface area contributed by atoms with Gasteiger partial charge in [0.15, 0.2) is 0 Å². The molecular formula is C15H24F2N2O3. The van der Waals surface area contributed by atoms with E-state index in [2.05, 4.69) is 5.32 Å². The monoisotopic (exact) mass is 318 g/mol.